The summed E-state index contributed by atoms with van der Waals surface area (Å²) in [6.07, 6.45) is 4.24. The molecule has 1 aromatic heterocycles. The highest BCUT2D eigenvalue weighted by Gasteiger charge is 2.29. The Kier molecular flexibility index (Phi) is 4.05. The summed E-state index contributed by atoms with van der Waals surface area (Å²) in [6.45, 7) is 0. The van der Waals surface area contributed by atoms with Crippen LogP contribution in [0.4, 0.5) is 13.2 Å². The Bertz CT molecular complexity index is 668. The number of rotatable bonds is 4. The minimum atomic E-state index is -4.28. The molecule has 0 spiro atoms. The maximum atomic E-state index is 12.5. The number of aromatic nitrogens is 1. The molecule has 0 aliphatic heterocycles. The standard InChI is InChI=1S/C17H16F3NO/c18-17(19,20)13-10-8-12(9-11-13)4-1-2-7-16-14-5-3-6-15(14)21-22-16/h1,4,8-11H,2-3,5-7H2/b4-1-. The predicted molar refractivity (Wildman–Crippen MR) is 77.3 cm³/mol. The van der Waals surface area contributed by atoms with E-state index in [0.717, 1.165) is 61.3 Å². The number of fused-ring (bicyclic) bond motifs is 1. The molecule has 2 nitrogen and oxygen atoms in total. The Morgan fingerprint density at radius 2 is 1.91 bits per heavy atom. The topological polar surface area (TPSA) is 26.0 Å². The Hall–Kier alpha value is -2.04. The lowest BCUT2D eigenvalue weighted by atomic mass is 10.1. The third kappa shape index (κ3) is 3.24. The van der Waals surface area contributed by atoms with Gasteiger partial charge in [0.2, 0.25) is 0 Å². The average molecular weight is 307 g/mol. The minimum Gasteiger partial charge on any atom is -0.361 e. The molecule has 116 valence electrons. The average Bonchev–Trinajstić information content (AvgIpc) is 3.07. The van der Waals surface area contributed by atoms with Crippen LogP contribution >= 0.6 is 0 Å². The van der Waals surface area contributed by atoms with Crippen LogP contribution in [0.5, 0.6) is 0 Å². The Morgan fingerprint density at radius 3 is 2.64 bits per heavy atom. The molecule has 0 radical (unpaired) electrons. The number of halogens is 3. The quantitative estimate of drug-likeness (QED) is 0.808. The second kappa shape index (κ2) is 5.99. The molecule has 0 bridgehead atoms. The van der Waals surface area contributed by atoms with Gasteiger partial charge in [0.1, 0.15) is 5.76 Å². The van der Waals surface area contributed by atoms with Crippen molar-refractivity contribution in [3.05, 3.63) is 58.5 Å². The molecule has 0 saturated heterocycles. The highest BCUT2D eigenvalue weighted by Crippen LogP contribution is 2.29. The van der Waals surface area contributed by atoms with Crippen LogP contribution in [-0.2, 0) is 25.4 Å². The first-order valence-electron chi connectivity index (χ1n) is 7.34. The molecular formula is C17H16F3NO. The van der Waals surface area contributed by atoms with Gasteiger partial charge in [-0.25, -0.2) is 0 Å². The number of aryl methyl sites for hydroxylation is 2. The molecule has 1 aliphatic rings. The van der Waals surface area contributed by atoms with Crippen LogP contribution in [0.1, 0.15) is 41.0 Å². The van der Waals surface area contributed by atoms with Crippen LogP contribution in [0.15, 0.2) is 34.9 Å². The molecule has 0 N–H and O–H groups in total. The van der Waals surface area contributed by atoms with Gasteiger partial charge in [0, 0.05) is 12.0 Å². The van der Waals surface area contributed by atoms with E-state index in [9.17, 15) is 13.2 Å². The SMILES string of the molecule is FC(F)(F)c1ccc(/C=C\CCc2onc3c2CCC3)cc1. The zero-order valence-corrected chi connectivity index (χ0v) is 12.0. The summed E-state index contributed by atoms with van der Waals surface area (Å²) in [7, 11) is 0. The molecule has 0 amide bonds. The number of hydrogen-bond donors (Lipinski definition) is 0. The third-order valence-corrected chi connectivity index (χ3v) is 3.88. The molecule has 0 atom stereocenters. The van der Waals surface area contributed by atoms with E-state index < -0.39 is 11.7 Å². The second-order valence-corrected chi connectivity index (χ2v) is 5.45. The van der Waals surface area contributed by atoms with Crippen molar-refractivity contribution in [3.63, 3.8) is 0 Å². The number of nitrogens with zero attached hydrogens (tertiary/aromatic N) is 1. The van der Waals surface area contributed by atoms with E-state index in [4.69, 9.17) is 4.52 Å². The van der Waals surface area contributed by atoms with Crippen LogP contribution in [-0.4, -0.2) is 5.16 Å². The van der Waals surface area contributed by atoms with Crippen molar-refractivity contribution < 1.29 is 17.7 Å². The van der Waals surface area contributed by atoms with E-state index in [1.165, 1.54) is 17.7 Å². The van der Waals surface area contributed by atoms with Crippen LogP contribution in [0.2, 0.25) is 0 Å². The Balaban J connectivity index is 1.56. The van der Waals surface area contributed by atoms with Crippen molar-refractivity contribution in [1.29, 1.82) is 0 Å². The van der Waals surface area contributed by atoms with E-state index in [1.807, 2.05) is 12.2 Å². The third-order valence-electron chi connectivity index (χ3n) is 3.88. The van der Waals surface area contributed by atoms with Crippen LogP contribution in [0.3, 0.4) is 0 Å². The highest BCUT2D eigenvalue weighted by atomic mass is 19.4. The smallest absolute Gasteiger partial charge is 0.361 e. The van der Waals surface area contributed by atoms with E-state index in [0.29, 0.717) is 0 Å². The molecule has 1 heterocycles. The van der Waals surface area contributed by atoms with E-state index in [1.54, 1.807) is 0 Å². The Labute approximate surface area is 126 Å². The summed E-state index contributed by atoms with van der Waals surface area (Å²) in [5.74, 6) is 0.949. The van der Waals surface area contributed by atoms with Crippen molar-refractivity contribution in [2.75, 3.05) is 0 Å². The van der Waals surface area contributed by atoms with E-state index in [-0.39, 0.29) is 0 Å². The van der Waals surface area contributed by atoms with Gasteiger partial charge < -0.3 is 4.52 Å². The van der Waals surface area contributed by atoms with Gasteiger partial charge in [-0.2, -0.15) is 13.2 Å². The number of hydrogen-bond acceptors (Lipinski definition) is 2. The molecule has 0 saturated carbocycles. The fraction of sp³-hybridized carbons (Fsp3) is 0.353. The van der Waals surface area contributed by atoms with Crippen LogP contribution in [0, 0.1) is 0 Å². The molecule has 0 unspecified atom stereocenters. The summed E-state index contributed by atoms with van der Waals surface area (Å²) in [5, 5.41) is 4.06. The molecule has 3 rings (SSSR count). The summed E-state index contributed by atoms with van der Waals surface area (Å²) < 4.78 is 42.7. The first kappa shape index (κ1) is 14.9. The van der Waals surface area contributed by atoms with E-state index >= 15 is 0 Å². The highest BCUT2D eigenvalue weighted by molar-refractivity contribution is 5.49. The van der Waals surface area contributed by atoms with E-state index in [2.05, 4.69) is 5.16 Å². The van der Waals surface area contributed by atoms with Crippen molar-refractivity contribution in [2.24, 2.45) is 0 Å². The van der Waals surface area contributed by atoms with Gasteiger partial charge in [0.25, 0.3) is 0 Å². The van der Waals surface area contributed by atoms with Crippen molar-refractivity contribution in [2.45, 2.75) is 38.3 Å². The molecule has 22 heavy (non-hydrogen) atoms. The molecule has 1 aliphatic carbocycles. The molecular weight excluding hydrogens is 291 g/mol. The maximum absolute atomic E-state index is 12.5. The van der Waals surface area contributed by atoms with Crippen LogP contribution < -0.4 is 0 Å². The van der Waals surface area contributed by atoms with Crippen LogP contribution in [0.25, 0.3) is 6.08 Å². The monoisotopic (exact) mass is 307 g/mol. The lowest BCUT2D eigenvalue weighted by molar-refractivity contribution is -0.137. The lowest BCUT2D eigenvalue weighted by Gasteiger charge is -2.05. The molecule has 5 heteroatoms. The number of benzene rings is 1. The molecule has 1 aromatic carbocycles. The van der Waals surface area contributed by atoms with Gasteiger partial charge in [-0.15, -0.1) is 0 Å². The summed E-state index contributed by atoms with van der Waals surface area (Å²) in [4.78, 5) is 0. The normalized spacial score (nSPS) is 14.7. The predicted octanol–water partition coefficient (Wildman–Crippen LogP) is 4.83. The molecule has 2 aromatic rings. The maximum Gasteiger partial charge on any atom is 0.416 e. The van der Waals surface area contributed by atoms with Gasteiger partial charge in [0.15, 0.2) is 0 Å². The summed E-state index contributed by atoms with van der Waals surface area (Å²) in [5.41, 5.74) is 2.47. The van der Waals surface area contributed by atoms with Crippen molar-refractivity contribution >= 4 is 6.08 Å². The van der Waals surface area contributed by atoms with Gasteiger partial charge >= 0.3 is 6.18 Å². The van der Waals surface area contributed by atoms with Crippen molar-refractivity contribution in [1.82, 2.24) is 5.16 Å². The Morgan fingerprint density at radius 1 is 1.14 bits per heavy atom. The second-order valence-electron chi connectivity index (χ2n) is 5.45. The molecule has 0 fully saturated rings. The van der Waals surface area contributed by atoms with Gasteiger partial charge in [0.05, 0.1) is 11.3 Å². The van der Waals surface area contributed by atoms with Gasteiger partial charge in [-0.1, -0.05) is 29.4 Å². The fourth-order valence-electron chi connectivity index (χ4n) is 2.71. The lowest BCUT2D eigenvalue weighted by Crippen LogP contribution is -2.03. The first-order chi connectivity index (χ1) is 10.5. The largest absolute Gasteiger partial charge is 0.416 e. The summed E-state index contributed by atoms with van der Waals surface area (Å²) >= 11 is 0. The number of alkyl halides is 3. The number of allylic oxidation sites excluding steroid dienone is 1. The fourth-order valence-corrected chi connectivity index (χ4v) is 2.71. The summed E-state index contributed by atoms with van der Waals surface area (Å²) in [6, 6.07) is 5.16. The van der Waals surface area contributed by atoms with Gasteiger partial charge in [-0.3, -0.25) is 0 Å². The zero-order valence-electron chi connectivity index (χ0n) is 12.0. The van der Waals surface area contributed by atoms with Crippen molar-refractivity contribution in [3.8, 4) is 0 Å². The zero-order chi connectivity index (χ0) is 15.6. The minimum absolute atomic E-state index is 0.623. The van der Waals surface area contributed by atoms with Gasteiger partial charge in [-0.05, 0) is 43.4 Å². The first-order valence-corrected chi connectivity index (χ1v) is 7.34.